The summed E-state index contributed by atoms with van der Waals surface area (Å²) in [7, 11) is 2.09. The first-order valence-corrected chi connectivity index (χ1v) is 6.32. The molecule has 0 radical (unpaired) electrons. The Kier molecular flexibility index (Phi) is 2.64. The van der Waals surface area contributed by atoms with Gasteiger partial charge in [-0.1, -0.05) is 18.2 Å². The van der Waals surface area contributed by atoms with Crippen LogP contribution in [0.5, 0.6) is 0 Å². The van der Waals surface area contributed by atoms with Crippen LogP contribution < -0.4 is 4.90 Å². The van der Waals surface area contributed by atoms with E-state index in [1.165, 1.54) is 19.3 Å². The summed E-state index contributed by atoms with van der Waals surface area (Å²) in [6, 6.07) is 10.9. The van der Waals surface area contributed by atoms with Gasteiger partial charge in [-0.25, -0.2) is 0 Å². The fourth-order valence-electron chi connectivity index (χ4n) is 2.55. The molecule has 0 bridgehead atoms. The van der Waals surface area contributed by atoms with Gasteiger partial charge in [-0.15, -0.1) is 0 Å². The van der Waals surface area contributed by atoms with Gasteiger partial charge in [0, 0.05) is 24.7 Å². The van der Waals surface area contributed by atoms with E-state index in [2.05, 4.69) is 23.0 Å². The fourth-order valence-corrected chi connectivity index (χ4v) is 2.55. The molecular formula is C15H15N3. The van der Waals surface area contributed by atoms with Gasteiger partial charge in [-0.3, -0.25) is 4.98 Å². The Hall–Kier alpha value is -2.08. The van der Waals surface area contributed by atoms with Gasteiger partial charge in [0.15, 0.2) is 0 Å². The van der Waals surface area contributed by atoms with Crippen LogP contribution in [-0.4, -0.2) is 18.1 Å². The van der Waals surface area contributed by atoms with E-state index >= 15 is 0 Å². The highest BCUT2D eigenvalue weighted by atomic mass is 15.1. The second-order valence-electron chi connectivity index (χ2n) is 4.85. The summed E-state index contributed by atoms with van der Waals surface area (Å²) < 4.78 is 0. The molecule has 0 spiro atoms. The normalized spacial score (nSPS) is 15.1. The van der Waals surface area contributed by atoms with Crippen LogP contribution >= 0.6 is 0 Å². The maximum atomic E-state index is 9.28. The molecule has 1 saturated carbocycles. The van der Waals surface area contributed by atoms with E-state index in [1.807, 2.05) is 24.3 Å². The summed E-state index contributed by atoms with van der Waals surface area (Å²) in [4.78, 5) is 6.61. The molecule has 3 nitrogen and oxygen atoms in total. The van der Waals surface area contributed by atoms with Crippen molar-refractivity contribution in [2.75, 3.05) is 11.9 Å². The average Bonchev–Trinajstić information content (AvgIpc) is 2.35. The minimum Gasteiger partial charge on any atom is -0.370 e. The van der Waals surface area contributed by atoms with Crippen molar-refractivity contribution in [2.24, 2.45) is 0 Å². The number of aromatic nitrogens is 1. The molecule has 1 aliphatic carbocycles. The summed E-state index contributed by atoms with van der Waals surface area (Å²) in [5.41, 5.74) is 2.66. The second-order valence-corrected chi connectivity index (χ2v) is 4.85. The third-order valence-electron chi connectivity index (χ3n) is 3.84. The molecule has 0 unspecified atom stereocenters. The predicted molar refractivity (Wildman–Crippen MR) is 72.5 cm³/mol. The molecule has 1 aliphatic rings. The molecule has 18 heavy (non-hydrogen) atoms. The van der Waals surface area contributed by atoms with Crippen LogP contribution in [0.25, 0.3) is 10.9 Å². The van der Waals surface area contributed by atoms with E-state index in [1.54, 1.807) is 6.20 Å². The number of pyridine rings is 1. The number of nitrogens with zero attached hydrogens (tertiary/aromatic N) is 3. The Balaban J connectivity index is 2.20. The highest BCUT2D eigenvalue weighted by Crippen LogP contribution is 2.34. The summed E-state index contributed by atoms with van der Waals surface area (Å²) >= 11 is 0. The molecule has 0 amide bonds. The molecule has 2 aromatic rings. The number of nitriles is 1. The largest absolute Gasteiger partial charge is 0.370 e. The lowest BCUT2D eigenvalue weighted by molar-refractivity contribution is 0.401. The first-order chi connectivity index (χ1) is 8.81. The van der Waals surface area contributed by atoms with Gasteiger partial charge in [0.25, 0.3) is 0 Å². The zero-order valence-electron chi connectivity index (χ0n) is 10.4. The highest BCUT2D eigenvalue weighted by Gasteiger charge is 2.25. The first-order valence-electron chi connectivity index (χ1n) is 6.32. The number of hydrogen-bond acceptors (Lipinski definition) is 3. The van der Waals surface area contributed by atoms with Crippen molar-refractivity contribution >= 4 is 16.6 Å². The van der Waals surface area contributed by atoms with Gasteiger partial charge >= 0.3 is 0 Å². The predicted octanol–water partition coefficient (Wildman–Crippen LogP) is 3.10. The molecule has 3 heteroatoms. The van der Waals surface area contributed by atoms with Crippen LogP contribution in [0, 0.1) is 11.3 Å². The number of anilines is 1. The molecule has 0 saturated heterocycles. The molecule has 1 fully saturated rings. The summed E-state index contributed by atoms with van der Waals surface area (Å²) in [6.07, 6.45) is 5.42. The van der Waals surface area contributed by atoms with Crippen molar-refractivity contribution in [1.29, 1.82) is 5.26 Å². The molecule has 90 valence electrons. The highest BCUT2D eigenvalue weighted by molar-refractivity contribution is 5.94. The molecule has 1 aromatic carbocycles. The quantitative estimate of drug-likeness (QED) is 0.805. The summed E-state index contributed by atoms with van der Waals surface area (Å²) in [5, 5.41) is 10.4. The summed E-state index contributed by atoms with van der Waals surface area (Å²) in [6.45, 7) is 0. The zero-order chi connectivity index (χ0) is 12.5. The van der Waals surface area contributed by atoms with Gasteiger partial charge in [-0.2, -0.15) is 5.26 Å². The van der Waals surface area contributed by atoms with Crippen molar-refractivity contribution in [3.8, 4) is 6.07 Å². The van der Waals surface area contributed by atoms with Gasteiger partial charge in [-0.05, 0) is 25.3 Å². The van der Waals surface area contributed by atoms with Gasteiger partial charge in [0.2, 0.25) is 0 Å². The Bertz CT molecular complexity index is 623. The SMILES string of the molecule is CN(c1c(C#N)cnc2ccccc12)C1CCC1. The van der Waals surface area contributed by atoms with Crippen LogP contribution in [0.3, 0.4) is 0 Å². The van der Waals surface area contributed by atoms with Crippen molar-refractivity contribution in [3.63, 3.8) is 0 Å². The minimum absolute atomic E-state index is 0.572. The van der Waals surface area contributed by atoms with E-state index in [0.29, 0.717) is 11.6 Å². The van der Waals surface area contributed by atoms with Gasteiger partial charge in [0.1, 0.15) is 6.07 Å². The van der Waals surface area contributed by atoms with Crippen molar-refractivity contribution < 1.29 is 0 Å². The fraction of sp³-hybridized carbons (Fsp3) is 0.333. The summed E-state index contributed by atoms with van der Waals surface area (Å²) in [5.74, 6) is 0. The maximum absolute atomic E-state index is 9.28. The van der Waals surface area contributed by atoms with Gasteiger partial charge in [0.05, 0.1) is 16.8 Å². The van der Waals surface area contributed by atoms with E-state index in [9.17, 15) is 5.26 Å². The minimum atomic E-state index is 0.572. The van der Waals surface area contributed by atoms with Crippen molar-refractivity contribution in [3.05, 3.63) is 36.0 Å². The lowest BCUT2D eigenvalue weighted by Gasteiger charge is -2.37. The molecule has 1 aromatic heterocycles. The average molecular weight is 237 g/mol. The Morgan fingerprint density at radius 1 is 1.33 bits per heavy atom. The number of rotatable bonds is 2. The molecule has 1 heterocycles. The van der Waals surface area contributed by atoms with E-state index in [4.69, 9.17) is 0 Å². The zero-order valence-corrected chi connectivity index (χ0v) is 10.4. The standard InChI is InChI=1S/C15H15N3/c1-18(12-5-4-6-12)15-11(9-16)10-17-14-8-3-2-7-13(14)15/h2-3,7-8,10,12H,4-6H2,1H3. The van der Waals surface area contributed by atoms with Crippen molar-refractivity contribution in [1.82, 2.24) is 4.98 Å². The molecule has 3 rings (SSSR count). The van der Waals surface area contributed by atoms with E-state index in [0.717, 1.165) is 16.6 Å². The molecule has 0 N–H and O–H groups in total. The van der Waals surface area contributed by atoms with Gasteiger partial charge < -0.3 is 4.90 Å². The van der Waals surface area contributed by atoms with E-state index < -0.39 is 0 Å². The smallest absolute Gasteiger partial charge is 0.103 e. The van der Waals surface area contributed by atoms with E-state index in [-0.39, 0.29) is 0 Å². The first kappa shape index (κ1) is 11.0. The number of para-hydroxylation sites is 1. The van der Waals surface area contributed by atoms with Crippen LogP contribution in [0.4, 0.5) is 5.69 Å². The number of benzene rings is 1. The topological polar surface area (TPSA) is 39.9 Å². The third kappa shape index (κ3) is 1.62. The molecular weight excluding hydrogens is 222 g/mol. The third-order valence-corrected chi connectivity index (χ3v) is 3.84. The lowest BCUT2D eigenvalue weighted by atomic mass is 9.91. The molecule has 0 atom stereocenters. The van der Waals surface area contributed by atoms with Crippen LogP contribution in [0.2, 0.25) is 0 Å². The van der Waals surface area contributed by atoms with Crippen molar-refractivity contribution in [2.45, 2.75) is 25.3 Å². The monoisotopic (exact) mass is 237 g/mol. The molecule has 0 aliphatic heterocycles. The Morgan fingerprint density at radius 3 is 2.78 bits per heavy atom. The van der Waals surface area contributed by atoms with Crippen LogP contribution in [0.15, 0.2) is 30.5 Å². The number of fused-ring (bicyclic) bond motifs is 1. The number of hydrogen-bond donors (Lipinski definition) is 0. The lowest BCUT2D eigenvalue weighted by Crippen LogP contribution is -2.37. The van der Waals surface area contributed by atoms with Crippen LogP contribution in [-0.2, 0) is 0 Å². The Morgan fingerprint density at radius 2 is 2.11 bits per heavy atom. The maximum Gasteiger partial charge on any atom is 0.103 e. The Labute approximate surface area is 107 Å². The second kappa shape index (κ2) is 4.30. The van der Waals surface area contributed by atoms with Crippen LogP contribution in [0.1, 0.15) is 24.8 Å².